The number of anilines is 1. The van der Waals surface area contributed by atoms with Crippen molar-refractivity contribution in [3.63, 3.8) is 0 Å². The summed E-state index contributed by atoms with van der Waals surface area (Å²) < 4.78 is 0. The van der Waals surface area contributed by atoms with E-state index < -0.39 is 5.23 Å². The molecule has 0 aliphatic rings. The molecular formula is C15H18N2O2. The molecule has 0 spiro atoms. The topological polar surface area (TPSA) is 59.8 Å². The van der Waals surface area contributed by atoms with Gasteiger partial charge in [-0.15, -0.1) is 0 Å². The van der Waals surface area contributed by atoms with Crippen molar-refractivity contribution in [2.45, 2.75) is 13.0 Å². The fourth-order valence-electron chi connectivity index (χ4n) is 1.84. The van der Waals surface area contributed by atoms with Crippen LogP contribution in [0.25, 0.3) is 0 Å². The molecule has 19 heavy (non-hydrogen) atoms. The van der Waals surface area contributed by atoms with E-state index in [0.717, 1.165) is 17.8 Å². The van der Waals surface area contributed by atoms with Crippen molar-refractivity contribution in [3.8, 4) is 0 Å². The summed E-state index contributed by atoms with van der Waals surface area (Å²) in [6.45, 7) is 0.949. The summed E-state index contributed by atoms with van der Waals surface area (Å²) in [5.41, 5.74) is 3.34. The number of hydroxylamine groups is 2. The van der Waals surface area contributed by atoms with Gasteiger partial charge in [0.2, 0.25) is 0 Å². The third-order valence-electron chi connectivity index (χ3n) is 2.92. The minimum atomic E-state index is -0.755. The first-order valence-corrected chi connectivity index (χ1v) is 6.32. The van der Waals surface area contributed by atoms with Crippen LogP contribution in [-0.4, -0.2) is 11.8 Å². The second-order valence-electron chi connectivity index (χ2n) is 4.43. The van der Waals surface area contributed by atoms with Gasteiger partial charge in [0.15, 0.2) is 0 Å². The van der Waals surface area contributed by atoms with Crippen molar-refractivity contribution >= 4 is 5.69 Å². The van der Waals surface area contributed by atoms with Crippen LogP contribution in [0.2, 0.25) is 0 Å². The first-order chi connectivity index (χ1) is 9.24. The fraction of sp³-hybridized carbons (Fsp3) is 0.200. The van der Waals surface area contributed by atoms with Crippen LogP contribution < -0.4 is 10.5 Å². The van der Waals surface area contributed by atoms with E-state index in [1.165, 1.54) is 5.56 Å². The Morgan fingerprint density at radius 1 is 0.947 bits per heavy atom. The molecule has 100 valence electrons. The van der Waals surface area contributed by atoms with Crippen molar-refractivity contribution in [3.05, 3.63) is 70.9 Å². The zero-order valence-electron chi connectivity index (χ0n) is 10.7. The summed E-state index contributed by atoms with van der Waals surface area (Å²) in [7, 11) is 0. The number of nitrogens with one attached hydrogen (secondary N) is 2. The van der Waals surface area contributed by atoms with Crippen molar-refractivity contribution < 1.29 is 10.4 Å². The molecule has 4 nitrogen and oxygen atoms in total. The molecule has 2 aromatic rings. The van der Waals surface area contributed by atoms with Crippen LogP contribution >= 0.6 is 0 Å². The molecule has 0 saturated heterocycles. The van der Waals surface area contributed by atoms with Gasteiger partial charge in [0.1, 0.15) is 6.54 Å². The highest BCUT2D eigenvalue weighted by atomic mass is 16.8. The second-order valence-corrected chi connectivity index (χ2v) is 4.43. The van der Waals surface area contributed by atoms with Crippen LogP contribution in [0, 0.1) is 5.21 Å². The Labute approximate surface area is 112 Å². The largest absolute Gasteiger partial charge is 0.600 e. The molecule has 0 amide bonds. The smallest absolute Gasteiger partial charge is 0.111 e. The Kier molecular flexibility index (Phi) is 4.92. The van der Waals surface area contributed by atoms with Crippen LogP contribution in [-0.2, 0) is 13.0 Å². The minimum Gasteiger partial charge on any atom is -0.600 e. The average Bonchev–Trinajstić information content (AvgIpc) is 2.45. The lowest BCUT2D eigenvalue weighted by molar-refractivity contribution is -1.05. The Morgan fingerprint density at radius 3 is 2.21 bits per heavy atom. The van der Waals surface area contributed by atoms with Gasteiger partial charge in [-0.25, -0.2) is 10.4 Å². The first-order valence-electron chi connectivity index (χ1n) is 6.32. The molecule has 2 aromatic carbocycles. The molecular weight excluding hydrogens is 240 g/mol. The number of hydrogen-bond acceptors (Lipinski definition) is 3. The van der Waals surface area contributed by atoms with Crippen molar-refractivity contribution in [2.75, 3.05) is 11.9 Å². The maximum Gasteiger partial charge on any atom is 0.111 e. The Bertz CT molecular complexity index is 483. The predicted octanol–water partition coefficient (Wildman–Crippen LogP) is 1.61. The molecule has 4 heteroatoms. The third-order valence-corrected chi connectivity index (χ3v) is 2.92. The lowest BCUT2D eigenvalue weighted by atomic mass is 10.1. The van der Waals surface area contributed by atoms with Gasteiger partial charge in [0.25, 0.3) is 0 Å². The van der Waals surface area contributed by atoms with Gasteiger partial charge < -0.3 is 10.5 Å². The highest BCUT2D eigenvalue weighted by Crippen LogP contribution is 2.09. The Morgan fingerprint density at radius 2 is 1.58 bits per heavy atom. The summed E-state index contributed by atoms with van der Waals surface area (Å²) in [6, 6.07) is 18.1. The Balaban J connectivity index is 1.85. The van der Waals surface area contributed by atoms with Gasteiger partial charge in [-0.3, -0.25) is 0 Å². The van der Waals surface area contributed by atoms with Gasteiger partial charge in [-0.1, -0.05) is 42.5 Å². The highest BCUT2D eigenvalue weighted by molar-refractivity contribution is 5.43. The predicted molar refractivity (Wildman–Crippen MR) is 74.9 cm³/mol. The van der Waals surface area contributed by atoms with E-state index in [0.29, 0.717) is 6.42 Å². The molecule has 0 heterocycles. The van der Waals surface area contributed by atoms with Crippen molar-refractivity contribution in [1.29, 1.82) is 0 Å². The number of benzene rings is 2. The van der Waals surface area contributed by atoms with E-state index in [9.17, 15) is 5.21 Å². The van der Waals surface area contributed by atoms with E-state index in [1.807, 2.05) is 54.6 Å². The van der Waals surface area contributed by atoms with E-state index in [2.05, 4.69) is 5.32 Å². The molecule has 0 radical (unpaired) electrons. The number of rotatable bonds is 6. The van der Waals surface area contributed by atoms with Crippen molar-refractivity contribution in [1.82, 2.24) is 0 Å². The van der Waals surface area contributed by atoms with Crippen LogP contribution in [0.1, 0.15) is 11.1 Å². The standard InChI is InChI=1S/C15H18N2O2/c18-17(19)11-10-13-6-8-14(9-7-13)12-16-15-4-2-1-3-5-15/h1-9,16-18H,10-12H2. The quantitative estimate of drug-likeness (QED) is 0.690. The molecule has 2 rings (SSSR count). The van der Waals surface area contributed by atoms with Gasteiger partial charge >= 0.3 is 0 Å². The van der Waals surface area contributed by atoms with Crippen LogP contribution in [0.5, 0.6) is 0 Å². The Hall–Kier alpha value is -1.88. The zero-order chi connectivity index (χ0) is 13.5. The van der Waals surface area contributed by atoms with Gasteiger partial charge in [0, 0.05) is 18.7 Å². The summed E-state index contributed by atoms with van der Waals surface area (Å²) >= 11 is 0. The molecule has 0 saturated carbocycles. The normalized spacial score (nSPS) is 12.1. The average molecular weight is 258 g/mol. The fourth-order valence-corrected chi connectivity index (χ4v) is 1.84. The first kappa shape index (κ1) is 13.5. The minimum absolute atomic E-state index is 0.182. The molecule has 0 fully saturated rings. The van der Waals surface area contributed by atoms with Crippen LogP contribution in [0.15, 0.2) is 54.6 Å². The molecule has 1 atom stereocenters. The summed E-state index contributed by atoms with van der Waals surface area (Å²) in [4.78, 5) is 0. The zero-order valence-corrected chi connectivity index (χ0v) is 10.7. The summed E-state index contributed by atoms with van der Waals surface area (Å²) in [5, 5.41) is 21.7. The maximum absolute atomic E-state index is 10.5. The molecule has 3 N–H and O–H groups in total. The summed E-state index contributed by atoms with van der Waals surface area (Å²) in [6.07, 6.45) is 0.585. The highest BCUT2D eigenvalue weighted by Gasteiger charge is 1.98. The maximum atomic E-state index is 10.5. The molecule has 0 bridgehead atoms. The van der Waals surface area contributed by atoms with Crippen LogP contribution in [0.4, 0.5) is 5.69 Å². The third kappa shape index (κ3) is 4.71. The molecule has 0 aliphatic carbocycles. The SMILES string of the molecule is [O-][NH+](O)CCc1ccc(CNc2ccccc2)cc1. The number of hydrogen-bond donors (Lipinski definition) is 3. The molecule has 1 unspecified atom stereocenters. The van der Waals surface area contributed by atoms with E-state index in [4.69, 9.17) is 5.21 Å². The lowest BCUT2D eigenvalue weighted by Gasteiger charge is -2.12. The van der Waals surface area contributed by atoms with Crippen molar-refractivity contribution in [2.24, 2.45) is 0 Å². The lowest BCUT2D eigenvalue weighted by Crippen LogP contribution is -3.04. The van der Waals surface area contributed by atoms with Gasteiger partial charge in [-0.05, 0) is 23.3 Å². The van der Waals surface area contributed by atoms with Gasteiger partial charge in [-0.2, -0.15) is 0 Å². The number of quaternary nitrogens is 1. The van der Waals surface area contributed by atoms with Crippen LogP contribution in [0.3, 0.4) is 0 Å². The van der Waals surface area contributed by atoms with E-state index >= 15 is 0 Å². The summed E-state index contributed by atoms with van der Waals surface area (Å²) in [5.74, 6) is 0. The molecule has 0 aromatic heterocycles. The van der Waals surface area contributed by atoms with E-state index in [1.54, 1.807) is 0 Å². The molecule has 0 aliphatic heterocycles. The second kappa shape index (κ2) is 6.89. The van der Waals surface area contributed by atoms with Gasteiger partial charge in [0.05, 0.1) is 0 Å². The monoisotopic (exact) mass is 258 g/mol. The van der Waals surface area contributed by atoms with E-state index in [-0.39, 0.29) is 6.54 Å². The number of para-hydroxylation sites is 1.